The van der Waals surface area contributed by atoms with Crippen LogP contribution in [-0.2, 0) is 12.2 Å². The van der Waals surface area contributed by atoms with Crippen molar-refractivity contribution in [1.82, 2.24) is 15.0 Å². The molecule has 0 aliphatic carbocycles. The molecule has 7 heteroatoms. The van der Waals surface area contributed by atoms with Crippen LogP contribution in [0.3, 0.4) is 0 Å². The lowest BCUT2D eigenvalue weighted by atomic mass is 10.2. The third kappa shape index (κ3) is 5.01. The van der Waals surface area contributed by atoms with E-state index in [0.29, 0.717) is 23.4 Å². The molecule has 2 aromatic heterocycles. The Morgan fingerprint density at radius 3 is 2.67 bits per heavy atom. The summed E-state index contributed by atoms with van der Waals surface area (Å²) in [5, 5.41) is 0.607. The maximum atomic E-state index is 11.8. The first kappa shape index (κ1) is 19.2. The zero-order valence-electron chi connectivity index (χ0n) is 15.7. The fourth-order valence-corrected chi connectivity index (χ4v) is 3.51. The smallest absolute Gasteiger partial charge is 0.251 e. The molecule has 0 saturated carbocycles. The Labute approximate surface area is 162 Å². The van der Waals surface area contributed by atoms with Crippen LogP contribution < -0.4 is 10.3 Å². The van der Waals surface area contributed by atoms with E-state index in [9.17, 15) is 4.79 Å². The number of nitrogens with zero attached hydrogens (tertiary/aromatic N) is 2. The lowest BCUT2D eigenvalue weighted by Crippen LogP contribution is -2.10. The van der Waals surface area contributed by atoms with Crippen LogP contribution in [0.15, 0.2) is 44.7 Å². The van der Waals surface area contributed by atoms with Gasteiger partial charge in [-0.1, -0.05) is 25.1 Å². The van der Waals surface area contributed by atoms with Crippen LogP contribution >= 0.6 is 11.8 Å². The highest BCUT2D eigenvalue weighted by molar-refractivity contribution is 7.98. The van der Waals surface area contributed by atoms with E-state index in [1.54, 1.807) is 6.07 Å². The van der Waals surface area contributed by atoms with E-state index in [1.165, 1.54) is 11.8 Å². The minimum Gasteiger partial charge on any atom is -0.494 e. The van der Waals surface area contributed by atoms with Gasteiger partial charge in [-0.25, -0.2) is 9.97 Å². The summed E-state index contributed by atoms with van der Waals surface area (Å²) in [6.07, 6.45) is 1.75. The first-order valence-electron chi connectivity index (χ1n) is 9.01. The predicted molar refractivity (Wildman–Crippen MR) is 106 cm³/mol. The van der Waals surface area contributed by atoms with Gasteiger partial charge in [0.05, 0.1) is 12.3 Å². The molecule has 0 spiro atoms. The van der Waals surface area contributed by atoms with Gasteiger partial charge in [-0.2, -0.15) is 0 Å². The molecule has 3 aromatic rings. The second-order valence-electron chi connectivity index (χ2n) is 6.06. The van der Waals surface area contributed by atoms with Crippen molar-refractivity contribution in [3.05, 3.63) is 57.8 Å². The number of aromatic nitrogens is 3. The van der Waals surface area contributed by atoms with Crippen molar-refractivity contribution in [3.8, 4) is 17.2 Å². The minimum absolute atomic E-state index is 0.122. The molecular formula is C20H23N3O3S. The molecule has 2 heterocycles. The van der Waals surface area contributed by atoms with Crippen molar-refractivity contribution in [3.63, 3.8) is 0 Å². The molecule has 0 amide bonds. The third-order valence-corrected chi connectivity index (χ3v) is 4.81. The predicted octanol–water partition coefficient (Wildman–Crippen LogP) is 4.38. The molecule has 3 rings (SSSR count). The number of thioether (sulfide) groups is 1. The number of oxazole rings is 1. The lowest BCUT2D eigenvalue weighted by molar-refractivity contribution is 0.340. The molecule has 0 saturated heterocycles. The molecule has 1 N–H and O–H groups in total. The SMILES string of the molecule is CCCc1cc(=O)[nH]c(SCc2nc(-c3ccc(OCC)cc3)oc2C)n1. The van der Waals surface area contributed by atoms with E-state index in [2.05, 4.69) is 21.9 Å². The van der Waals surface area contributed by atoms with Crippen molar-refractivity contribution >= 4 is 11.8 Å². The van der Waals surface area contributed by atoms with E-state index in [-0.39, 0.29) is 5.56 Å². The Morgan fingerprint density at radius 1 is 1.19 bits per heavy atom. The van der Waals surface area contributed by atoms with Gasteiger partial charge in [-0.3, -0.25) is 4.79 Å². The van der Waals surface area contributed by atoms with Gasteiger partial charge < -0.3 is 14.1 Å². The van der Waals surface area contributed by atoms with Gasteiger partial charge in [0.15, 0.2) is 5.16 Å². The van der Waals surface area contributed by atoms with Crippen LogP contribution in [0.5, 0.6) is 5.75 Å². The Balaban J connectivity index is 1.72. The lowest BCUT2D eigenvalue weighted by Gasteiger charge is -2.02. The van der Waals surface area contributed by atoms with Crippen molar-refractivity contribution < 1.29 is 9.15 Å². The van der Waals surface area contributed by atoms with Crippen LogP contribution in [0.1, 0.15) is 37.4 Å². The topological polar surface area (TPSA) is 81.0 Å². The van der Waals surface area contributed by atoms with Gasteiger partial charge >= 0.3 is 0 Å². The molecule has 0 fully saturated rings. The van der Waals surface area contributed by atoms with Crippen LogP contribution in [0.4, 0.5) is 0 Å². The third-order valence-electron chi connectivity index (χ3n) is 3.93. The molecule has 6 nitrogen and oxygen atoms in total. The van der Waals surface area contributed by atoms with E-state index in [1.807, 2.05) is 38.1 Å². The molecule has 0 aliphatic rings. The highest BCUT2D eigenvalue weighted by Crippen LogP contribution is 2.27. The summed E-state index contributed by atoms with van der Waals surface area (Å²) in [6, 6.07) is 9.22. The van der Waals surface area contributed by atoms with Gasteiger partial charge in [0.1, 0.15) is 11.5 Å². The zero-order valence-corrected chi connectivity index (χ0v) is 16.6. The van der Waals surface area contributed by atoms with Crippen LogP contribution in [-0.4, -0.2) is 21.6 Å². The standard InChI is InChI=1S/C20H23N3O3S/c1-4-6-15-11-18(24)23-20(21-15)27-12-17-13(3)26-19(22-17)14-7-9-16(10-8-14)25-5-2/h7-11H,4-6,12H2,1-3H3,(H,21,23,24). The van der Waals surface area contributed by atoms with Crippen molar-refractivity contribution in [2.75, 3.05) is 6.61 Å². The molecule has 0 unspecified atom stereocenters. The van der Waals surface area contributed by atoms with Crippen LogP contribution in [0.25, 0.3) is 11.5 Å². The average Bonchev–Trinajstić information content (AvgIpc) is 3.01. The second-order valence-corrected chi connectivity index (χ2v) is 7.02. The Morgan fingerprint density at radius 2 is 1.96 bits per heavy atom. The fraction of sp³-hybridized carbons (Fsp3) is 0.350. The van der Waals surface area contributed by atoms with Gasteiger partial charge in [-0.15, -0.1) is 0 Å². The summed E-state index contributed by atoms with van der Waals surface area (Å²) in [5.74, 6) is 2.73. The molecule has 1 aromatic carbocycles. The number of hydrogen-bond donors (Lipinski definition) is 1. The molecular weight excluding hydrogens is 362 g/mol. The Bertz CT molecular complexity index is 948. The molecule has 0 aliphatic heterocycles. The number of ether oxygens (including phenoxy) is 1. The molecule has 142 valence electrons. The van der Waals surface area contributed by atoms with Crippen molar-refractivity contribution in [2.24, 2.45) is 0 Å². The van der Waals surface area contributed by atoms with E-state index in [4.69, 9.17) is 9.15 Å². The number of rotatable bonds is 8. The summed E-state index contributed by atoms with van der Waals surface area (Å²) in [4.78, 5) is 23.6. The first-order chi connectivity index (χ1) is 13.1. The van der Waals surface area contributed by atoms with Gasteiger partial charge in [0.2, 0.25) is 5.89 Å². The van der Waals surface area contributed by atoms with Crippen molar-refractivity contribution in [1.29, 1.82) is 0 Å². The summed E-state index contributed by atoms with van der Waals surface area (Å²) < 4.78 is 11.3. The molecule has 0 atom stereocenters. The van der Waals surface area contributed by atoms with Crippen molar-refractivity contribution in [2.45, 2.75) is 44.5 Å². The second kappa shape index (κ2) is 8.90. The molecule has 0 bridgehead atoms. The largest absolute Gasteiger partial charge is 0.494 e. The first-order valence-corrected chi connectivity index (χ1v) is 10.00. The van der Waals surface area contributed by atoms with Crippen LogP contribution in [0, 0.1) is 6.92 Å². The average molecular weight is 385 g/mol. The maximum absolute atomic E-state index is 11.8. The Hall–Kier alpha value is -2.54. The zero-order chi connectivity index (χ0) is 19.2. The summed E-state index contributed by atoms with van der Waals surface area (Å²) >= 11 is 1.45. The number of H-pyrrole nitrogens is 1. The van der Waals surface area contributed by atoms with Gasteiger partial charge in [0.25, 0.3) is 5.56 Å². The fourth-order valence-electron chi connectivity index (χ4n) is 2.62. The molecule has 0 radical (unpaired) electrons. The maximum Gasteiger partial charge on any atom is 0.251 e. The normalized spacial score (nSPS) is 10.9. The van der Waals surface area contributed by atoms with E-state index in [0.717, 1.165) is 41.3 Å². The summed E-state index contributed by atoms with van der Waals surface area (Å²) in [5.41, 5.74) is 2.43. The Kier molecular flexibility index (Phi) is 6.34. The van der Waals surface area contributed by atoms with E-state index < -0.39 is 0 Å². The number of aryl methyl sites for hydroxylation is 2. The number of hydrogen-bond acceptors (Lipinski definition) is 6. The summed E-state index contributed by atoms with van der Waals surface area (Å²) in [7, 11) is 0. The summed E-state index contributed by atoms with van der Waals surface area (Å²) in [6.45, 7) is 6.55. The number of aromatic amines is 1. The number of benzene rings is 1. The monoisotopic (exact) mass is 385 g/mol. The highest BCUT2D eigenvalue weighted by Gasteiger charge is 2.13. The number of nitrogens with one attached hydrogen (secondary N) is 1. The molecule has 27 heavy (non-hydrogen) atoms. The quantitative estimate of drug-likeness (QED) is 0.458. The minimum atomic E-state index is -0.122. The van der Waals surface area contributed by atoms with E-state index >= 15 is 0 Å². The van der Waals surface area contributed by atoms with Gasteiger partial charge in [0, 0.05) is 23.1 Å². The highest BCUT2D eigenvalue weighted by atomic mass is 32.2. The van der Waals surface area contributed by atoms with Gasteiger partial charge in [-0.05, 0) is 44.5 Å². The van der Waals surface area contributed by atoms with Crippen LogP contribution in [0.2, 0.25) is 0 Å².